The molecule has 3 aromatic rings. The molecule has 1 atom stereocenters. The SMILES string of the molecule is NC(=O)C1CCN(Cc2cc(Oc3ccc4[nH]cc(C(=O)O)c4c3)ncn2)C1. The van der Waals surface area contributed by atoms with E-state index in [0.717, 1.165) is 18.7 Å². The van der Waals surface area contributed by atoms with Gasteiger partial charge in [0.15, 0.2) is 0 Å². The van der Waals surface area contributed by atoms with Crippen molar-refractivity contribution in [3.8, 4) is 11.6 Å². The van der Waals surface area contributed by atoms with Crippen molar-refractivity contribution in [2.75, 3.05) is 13.1 Å². The number of nitrogens with zero attached hydrogens (tertiary/aromatic N) is 3. The topological polar surface area (TPSA) is 134 Å². The number of likely N-dealkylation sites (tertiary alicyclic amines) is 1. The highest BCUT2D eigenvalue weighted by atomic mass is 16.5. The summed E-state index contributed by atoms with van der Waals surface area (Å²) in [5.41, 5.74) is 7.04. The molecule has 1 aliphatic rings. The number of benzene rings is 1. The van der Waals surface area contributed by atoms with Gasteiger partial charge in [-0.25, -0.2) is 14.8 Å². The van der Waals surface area contributed by atoms with E-state index in [-0.39, 0.29) is 17.4 Å². The average Bonchev–Trinajstić information content (AvgIpc) is 3.29. The highest BCUT2D eigenvalue weighted by Gasteiger charge is 2.26. The van der Waals surface area contributed by atoms with Gasteiger partial charge in [0.25, 0.3) is 0 Å². The van der Waals surface area contributed by atoms with Crippen LogP contribution < -0.4 is 10.5 Å². The maximum atomic E-state index is 11.3. The van der Waals surface area contributed by atoms with E-state index in [1.54, 1.807) is 24.3 Å². The van der Waals surface area contributed by atoms with Gasteiger partial charge in [0.1, 0.15) is 12.1 Å². The van der Waals surface area contributed by atoms with Gasteiger partial charge in [0.2, 0.25) is 11.8 Å². The zero-order valence-corrected chi connectivity index (χ0v) is 15.0. The molecule has 9 nitrogen and oxygen atoms in total. The zero-order valence-electron chi connectivity index (χ0n) is 15.0. The van der Waals surface area contributed by atoms with E-state index in [1.807, 2.05) is 0 Å². The first-order valence-electron chi connectivity index (χ1n) is 8.84. The predicted octanol–water partition coefficient (Wildman–Crippen LogP) is 1.76. The molecule has 4 N–H and O–H groups in total. The summed E-state index contributed by atoms with van der Waals surface area (Å²) in [5, 5.41) is 9.83. The highest BCUT2D eigenvalue weighted by molar-refractivity contribution is 6.03. The Hall–Kier alpha value is -3.46. The van der Waals surface area contributed by atoms with Crippen molar-refractivity contribution in [1.82, 2.24) is 19.9 Å². The lowest BCUT2D eigenvalue weighted by Crippen LogP contribution is -2.27. The summed E-state index contributed by atoms with van der Waals surface area (Å²) < 4.78 is 5.80. The molecule has 3 heterocycles. The molecule has 1 aliphatic heterocycles. The number of nitrogens with two attached hydrogens (primary N) is 1. The molecule has 1 unspecified atom stereocenters. The summed E-state index contributed by atoms with van der Waals surface area (Å²) in [7, 11) is 0. The van der Waals surface area contributed by atoms with Crippen LogP contribution >= 0.6 is 0 Å². The number of carbonyl (C=O) groups excluding carboxylic acids is 1. The third-order valence-corrected chi connectivity index (χ3v) is 4.87. The van der Waals surface area contributed by atoms with Gasteiger partial charge < -0.3 is 20.6 Å². The molecule has 9 heteroatoms. The molecule has 0 saturated carbocycles. The van der Waals surface area contributed by atoms with Gasteiger partial charge >= 0.3 is 5.97 Å². The summed E-state index contributed by atoms with van der Waals surface area (Å²) in [6.45, 7) is 1.98. The first-order valence-corrected chi connectivity index (χ1v) is 8.84. The minimum atomic E-state index is -1.01. The molecule has 0 spiro atoms. The zero-order chi connectivity index (χ0) is 19.7. The van der Waals surface area contributed by atoms with Crippen molar-refractivity contribution < 1.29 is 19.4 Å². The van der Waals surface area contributed by atoms with Crippen LogP contribution in [0.1, 0.15) is 22.5 Å². The standard InChI is InChI=1S/C19H19N5O4/c20-18(25)11-3-4-24(8-11)9-12-5-17(23-10-22-12)28-13-1-2-16-14(6-13)15(7-21-16)19(26)27/h1-2,5-7,10-11,21H,3-4,8-9H2,(H2,20,25)(H,26,27). The Labute approximate surface area is 160 Å². The van der Waals surface area contributed by atoms with Crippen LogP contribution in [0.15, 0.2) is 36.8 Å². The molecule has 28 heavy (non-hydrogen) atoms. The van der Waals surface area contributed by atoms with Crippen molar-refractivity contribution in [3.63, 3.8) is 0 Å². The molecular weight excluding hydrogens is 362 g/mol. The number of hydrogen-bond donors (Lipinski definition) is 3. The fourth-order valence-corrected chi connectivity index (χ4v) is 3.42. The third-order valence-electron chi connectivity index (χ3n) is 4.87. The minimum absolute atomic E-state index is 0.117. The molecule has 1 fully saturated rings. The lowest BCUT2D eigenvalue weighted by Gasteiger charge is -2.15. The largest absolute Gasteiger partial charge is 0.478 e. The van der Waals surface area contributed by atoms with Gasteiger partial charge in [0.05, 0.1) is 17.2 Å². The second-order valence-electron chi connectivity index (χ2n) is 6.79. The van der Waals surface area contributed by atoms with Crippen molar-refractivity contribution in [1.29, 1.82) is 0 Å². The van der Waals surface area contributed by atoms with E-state index < -0.39 is 5.97 Å². The van der Waals surface area contributed by atoms with Crippen LogP contribution in [0.4, 0.5) is 0 Å². The third kappa shape index (κ3) is 3.65. The Morgan fingerprint density at radius 1 is 1.32 bits per heavy atom. The lowest BCUT2D eigenvalue weighted by atomic mass is 10.1. The summed E-state index contributed by atoms with van der Waals surface area (Å²) in [6.07, 6.45) is 3.63. The fourth-order valence-electron chi connectivity index (χ4n) is 3.42. The van der Waals surface area contributed by atoms with Crippen molar-refractivity contribution in [3.05, 3.63) is 48.0 Å². The molecule has 2 aromatic heterocycles. The molecule has 144 valence electrons. The number of hydrogen-bond acceptors (Lipinski definition) is 6. The quantitative estimate of drug-likeness (QED) is 0.592. The van der Waals surface area contributed by atoms with Crippen LogP contribution in [-0.2, 0) is 11.3 Å². The Morgan fingerprint density at radius 3 is 2.93 bits per heavy atom. The van der Waals surface area contributed by atoms with Gasteiger partial charge in [0, 0.05) is 36.3 Å². The summed E-state index contributed by atoms with van der Waals surface area (Å²) >= 11 is 0. The average molecular weight is 381 g/mol. The molecule has 1 amide bonds. The molecular formula is C19H19N5O4. The van der Waals surface area contributed by atoms with Crippen molar-refractivity contribution >= 4 is 22.8 Å². The number of carboxylic acids is 1. The smallest absolute Gasteiger partial charge is 0.337 e. The van der Waals surface area contributed by atoms with Crippen LogP contribution in [0.25, 0.3) is 10.9 Å². The van der Waals surface area contributed by atoms with Crippen LogP contribution in [-0.4, -0.2) is 49.9 Å². The number of carbonyl (C=O) groups is 2. The molecule has 0 radical (unpaired) electrons. The second-order valence-corrected chi connectivity index (χ2v) is 6.79. The van der Waals surface area contributed by atoms with E-state index in [1.165, 1.54) is 12.5 Å². The molecule has 4 rings (SSSR count). The fraction of sp³-hybridized carbons (Fsp3) is 0.263. The van der Waals surface area contributed by atoms with Crippen LogP contribution in [0.3, 0.4) is 0 Å². The lowest BCUT2D eigenvalue weighted by molar-refractivity contribution is -0.121. The van der Waals surface area contributed by atoms with E-state index in [0.29, 0.717) is 35.6 Å². The number of aromatic amines is 1. The van der Waals surface area contributed by atoms with Crippen LogP contribution in [0.5, 0.6) is 11.6 Å². The van der Waals surface area contributed by atoms with Gasteiger partial charge in [-0.3, -0.25) is 9.69 Å². The Bertz CT molecular complexity index is 1050. The summed E-state index contributed by atoms with van der Waals surface area (Å²) in [4.78, 5) is 36.0. The van der Waals surface area contributed by atoms with E-state index in [9.17, 15) is 14.7 Å². The normalized spacial score (nSPS) is 17.1. The number of carboxylic acid groups (broad SMARTS) is 1. The van der Waals surface area contributed by atoms with E-state index in [2.05, 4.69) is 19.9 Å². The van der Waals surface area contributed by atoms with Gasteiger partial charge in [-0.1, -0.05) is 0 Å². The number of H-pyrrole nitrogens is 1. The summed E-state index contributed by atoms with van der Waals surface area (Å²) in [6, 6.07) is 6.89. The Balaban J connectivity index is 1.49. The molecule has 0 aliphatic carbocycles. The van der Waals surface area contributed by atoms with Crippen LogP contribution in [0.2, 0.25) is 0 Å². The van der Waals surface area contributed by atoms with Crippen molar-refractivity contribution in [2.45, 2.75) is 13.0 Å². The van der Waals surface area contributed by atoms with Gasteiger partial charge in [-0.15, -0.1) is 0 Å². The first-order chi connectivity index (χ1) is 13.5. The van der Waals surface area contributed by atoms with Gasteiger partial charge in [-0.05, 0) is 31.2 Å². The second kappa shape index (κ2) is 7.28. The number of primary amides is 1. The number of amides is 1. The predicted molar refractivity (Wildman–Crippen MR) is 99.9 cm³/mol. The first kappa shape index (κ1) is 17.9. The Kier molecular flexibility index (Phi) is 4.66. The minimum Gasteiger partial charge on any atom is -0.478 e. The number of aromatic nitrogens is 3. The molecule has 1 saturated heterocycles. The van der Waals surface area contributed by atoms with E-state index in [4.69, 9.17) is 10.5 Å². The number of fused-ring (bicyclic) bond motifs is 1. The van der Waals surface area contributed by atoms with E-state index >= 15 is 0 Å². The summed E-state index contributed by atoms with van der Waals surface area (Å²) in [5.74, 6) is -0.548. The number of nitrogens with one attached hydrogen (secondary N) is 1. The Morgan fingerprint density at radius 2 is 2.18 bits per heavy atom. The monoisotopic (exact) mass is 381 g/mol. The van der Waals surface area contributed by atoms with Crippen LogP contribution in [0, 0.1) is 5.92 Å². The maximum Gasteiger partial charge on any atom is 0.337 e. The maximum absolute atomic E-state index is 11.3. The number of aromatic carboxylic acids is 1. The van der Waals surface area contributed by atoms with Crippen molar-refractivity contribution in [2.24, 2.45) is 11.7 Å². The van der Waals surface area contributed by atoms with Gasteiger partial charge in [-0.2, -0.15) is 0 Å². The number of rotatable bonds is 6. The molecule has 1 aromatic carbocycles. The number of ether oxygens (including phenoxy) is 1. The highest BCUT2D eigenvalue weighted by Crippen LogP contribution is 2.27. The molecule has 0 bridgehead atoms.